The predicted molar refractivity (Wildman–Crippen MR) is 98.7 cm³/mol. The minimum Gasteiger partial charge on any atom is -0.497 e. The summed E-state index contributed by atoms with van der Waals surface area (Å²) in [6.45, 7) is 1.91. The number of carbonyl (C=O) groups is 1. The van der Waals surface area contributed by atoms with Crippen LogP contribution in [-0.4, -0.2) is 39.1 Å². The summed E-state index contributed by atoms with van der Waals surface area (Å²) in [7, 11) is 3.56. The Bertz CT molecular complexity index is 723. The highest BCUT2D eigenvalue weighted by molar-refractivity contribution is 8.00. The van der Waals surface area contributed by atoms with Crippen molar-refractivity contribution in [1.29, 1.82) is 0 Å². The van der Waals surface area contributed by atoms with Gasteiger partial charge in [0.2, 0.25) is 5.91 Å². The average molecular weight is 360 g/mol. The SMILES string of the molecule is COc1ccc(-c2nnc(S[C@@H](C)C(=O)NC3CCCC3)n2C)cc1. The first-order valence-corrected chi connectivity index (χ1v) is 9.47. The Balaban J connectivity index is 1.66. The van der Waals surface area contributed by atoms with Crippen LogP contribution in [0.15, 0.2) is 29.4 Å². The largest absolute Gasteiger partial charge is 0.497 e. The topological polar surface area (TPSA) is 69.0 Å². The minimum atomic E-state index is -0.202. The van der Waals surface area contributed by atoms with E-state index in [4.69, 9.17) is 4.74 Å². The van der Waals surface area contributed by atoms with Crippen LogP contribution >= 0.6 is 11.8 Å². The molecule has 3 rings (SSSR count). The molecular weight excluding hydrogens is 336 g/mol. The van der Waals surface area contributed by atoms with E-state index in [0.29, 0.717) is 6.04 Å². The van der Waals surface area contributed by atoms with E-state index in [1.54, 1.807) is 7.11 Å². The van der Waals surface area contributed by atoms with Crippen LogP contribution in [0, 0.1) is 0 Å². The van der Waals surface area contributed by atoms with Gasteiger partial charge >= 0.3 is 0 Å². The zero-order chi connectivity index (χ0) is 17.8. The quantitative estimate of drug-likeness (QED) is 0.802. The lowest BCUT2D eigenvalue weighted by atomic mass is 10.2. The molecular formula is C18H24N4O2S. The van der Waals surface area contributed by atoms with Crippen LogP contribution in [0.1, 0.15) is 32.6 Å². The Kier molecular flexibility index (Phi) is 5.63. The number of methoxy groups -OCH3 is 1. The van der Waals surface area contributed by atoms with Crippen LogP contribution in [0.25, 0.3) is 11.4 Å². The molecule has 1 atom stereocenters. The number of thioether (sulfide) groups is 1. The van der Waals surface area contributed by atoms with Gasteiger partial charge in [-0.1, -0.05) is 24.6 Å². The lowest BCUT2D eigenvalue weighted by Crippen LogP contribution is -2.37. The van der Waals surface area contributed by atoms with Crippen LogP contribution in [0.3, 0.4) is 0 Å². The summed E-state index contributed by atoms with van der Waals surface area (Å²) in [4.78, 5) is 12.4. The number of ether oxygens (including phenoxy) is 1. The monoisotopic (exact) mass is 360 g/mol. The normalized spacial score (nSPS) is 16.0. The van der Waals surface area contributed by atoms with Crippen LogP contribution in [-0.2, 0) is 11.8 Å². The molecule has 6 nitrogen and oxygen atoms in total. The van der Waals surface area contributed by atoms with Crippen molar-refractivity contribution in [3.05, 3.63) is 24.3 Å². The van der Waals surface area contributed by atoms with Crippen LogP contribution in [0.5, 0.6) is 5.75 Å². The fraction of sp³-hybridized carbons (Fsp3) is 0.500. The van der Waals surface area contributed by atoms with E-state index in [2.05, 4.69) is 15.5 Å². The maximum absolute atomic E-state index is 12.4. The average Bonchev–Trinajstić information content (AvgIpc) is 3.25. The molecule has 1 aromatic heterocycles. The molecule has 0 spiro atoms. The maximum Gasteiger partial charge on any atom is 0.233 e. The van der Waals surface area contributed by atoms with E-state index in [1.807, 2.05) is 42.8 Å². The summed E-state index contributed by atoms with van der Waals surface area (Å²) < 4.78 is 7.11. The van der Waals surface area contributed by atoms with Crippen LogP contribution in [0.4, 0.5) is 0 Å². The van der Waals surface area contributed by atoms with Crippen molar-refractivity contribution in [2.45, 2.75) is 49.1 Å². The Labute approximate surface area is 152 Å². The summed E-state index contributed by atoms with van der Waals surface area (Å²) in [6, 6.07) is 8.04. The second-order valence-electron chi connectivity index (χ2n) is 6.34. The van der Waals surface area contributed by atoms with E-state index in [1.165, 1.54) is 24.6 Å². The van der Waals surface area contributed by atoms with E-state index < -0.39 is 0 Å². The van der Waals surface area contributed by atoms with E-state index in [0.717, 1.165) is 35.1 Å². The number of benzene rings is 1. The maximum atomic E-state index is 12.4. The van der Waals surface area contributed by atoms with Crippen LogP contribution in [0.2, 0.25) is 0 Å². The van der Waals surface area contributed by atoms with Gasteiger partial charge in [-0.3, -0.25) is 4.79 Å². The molecule has 1 fully saturated rings. The van der Waals surface area contributed by atoms with Gasteiger partial charge in [0.05, 0.1) is 12.4 Å². The number of rotatable bonds is 6. The van der Waals surface area contributed by atoms with Crippen molar-refractivity contribution in [3.8, 4) is 17.1 Å². The molecule has 0 unspecified atom stereocenters. The number of nitrogens with zero attached hydrogens (tertiary/aromatic N) is 3. The molecule has 1 aliphatic rings. The van der Waals surface area contributed by atoms with Crippen molar-refractivity contribution >= 4 is 17.7 Å². The first kappa shape index (κ1) is 17.8. The van der Waals surface area contributed by atoms with Gasteiger partial charge in [-0.25, -0.2) is 0 Å². The molecule has 2 aromatic rings. The zero-order valence-corrected chi connectivity index (χ0v) is 15.7. The fourth-order valence-corrected chi connectivity index (χ4v) is 3.83. The second-order valence-corrected chi connectivity index (χ2v) is 7.65. The fourth-order valence-electron chi connectivity index (χ4n) is 3.01. The number of aromatic nitrogens is 3. The lowest BCUT2D eigenvalue weighted by molar-refractivity contribution is -0.120. The summed E-state index contributed by atoms with van der Waals surface area (Å²) in [5.41, 5.74) is 0.964. The Morgan fingerprint density at radius 1 is 1.28 bits per heavy atom. The zero-order valence-electron chi connectivity index (χ0n) is 14.9. The third kappa shape index (κ3) is 4.15. The first-order chi connectivity index (χ1) is 12.1. The second kappa shape index (κ2) is 7.91. The number of carbonyl (C=O) groups excluding carboxylic acids is 1. The first-order valence-electron chi connectivity index (χ1n) is 8.59. The number of hydrogen-bond donors (Lipinski definition) is 1. The van der Waals surface area contributed by atoms with Crippen molar-refractivity contribution in [3.63, 3.8) is 0 Å². The third-order valence-corrected chi connectivity index (χ3v) is 5.67. The highest BCUT2D eigenvalue weighted by Crippen LogP contribution is 2.27. The van der Waals surface area contributed by atoms with Gasteiger partial charge in [0, 0.05) is 18.7 Å². The van der Waals surface area contributed by atoms with Gasteiger partial charge in [-0.2, -0.15) is 0 Å². The molecule has 1 N–H and O–H groups in total. The highest BCUT2D eigenvalue weighted by Gasteiger charge is 2.23. The van der Waals surface area contributed by atoms with Crippen molar-refractivity contribution in [2.75, 3.05) is 7.11 Å². The smallest absolute Gasteiger partial charge is 0.233 e. The van der Waals surface area contributed by atoms with Gasteiger partial charge in [0.25, 0.3) is 0 Å². The Hall–Kier alpha value is -2.02. The predicted octanol–water partition coefficient (Wildman–Crippen LogP) is 3.03. The van der Waals surface area contributed by atoms with E-state index in [9.17, 15) is 4.79 Å². The van der Waals surface area contributed by atoms with Crippen molar-refractivity contribution in [1.82, 2.24) is 20.1 Å². The van der Waals surface area contributed by atoms with Crippen molar-refractivity contribution < 1.29 is 9.53 Å². The number of hydrogen-bond acceptors (Lipinski definition) is 5. The van der Waals surface area contributed by atoms with Gasteiger partial charge in [0.15, 0.2) is 11.0 Å². The molecule has 0 aliphatic heterocycles. The summed E-state index contributed by atoms with van der Waals surface area (Å²) in [6.07, 6.45) is 4.60. The van der Waals surface area contributed by atoms with Gasteiger partial charge < -0.3 is 14.6 Å². The molecule has 25 heavy (non-hydrogen) atoms. The molecule has 7 heteroatoms. The standard InChI is InChI=1S/C18H24N4O2S/c1-12(17(23)19-14-6-4-5-7-14)25-18-21-20-16(22(18)2)13-8-10-15(24-3)11-9-13/h8-12,14H,4-7H2,1-3H3,(H,19,23)/t12-/m0/s1. The van der Waals surface area contributed by atoms with Gasteiger partial charge in [0.1, 0.15) is 5.75 Å². The molecule has 1 aliphatic carbocycles. The molecule has 1 aromatic carbocycles. The summed E-state index contributed by atoms with van der Waals surface area (Å²) >= 11 is 1.44. The molecule has 0 bridgehead atoms. The summed E-state index contributed by atoms with van der Waals surface area (Å²) in [5.74, 6) is 1.65. The van der Waals surface area contributed by atoms with Gasteiger partial charge in [-0.15, -0.1) is 10.2 Å². The van der Waals surface area contributed by atoms with Crippen molar-refractivity contribution in [2.24, 2.45) is 7.05 Å². The molecule has 0 saturated heterocycles. The van der Waals surface area contributed by atoms with Crippen LogP contribution < -0.4 is 10.1 Å². The number of amides is 1. The molecule has 1 saturated carbocycles. The number of nitrogens with one attached hydrogen (secondary N) is 1. The molecule has 1 amide bonds. The van der Waals surface area contributed by atoms with E-state index in [-0.39, 0.29) is 11.2 Å². The molecule has 1 heterocycles. The Morgan fingerprint density at radius 3 is 2.60 bits per heavy atom. The highest BCUT2D eigenvalue weighted by atomic mass is 32.2. The Morgan fingerprint density at radius 2 is 1.96 bits per heavy atom. The molecule has 134 valence electrons. The minimum absolute atomic E-state index is 0.0749. The lowest BCUT2D eigenvalue weighted by Gasteiger charge is -2.16. The van der Waals surface area contributed by atoms with E-state index >= 15 is 0 Å². The van der Waals surface area contributed by atoms with Gasteiger partial charge in [-0.05, 0) is 44.0 Å². The summed E-state index contributed by atoms with van der Waals surface area (Å²) in [5, 5.41) is 12.2. The molecule has 0 radical (unpaired) electrons. The third-order valence-electron chi connectivity index (χ3n) is 4.54.